The molecule has 27 heavy (non-hydrogen) atoms. The Morgan fingerprint density at radius 2 is 1.96 bits per heavy atom. The van der Waals surface area contributed by atoms with Gasteiger partial charge >= 0.3 is 0 Å². The molecule has 0 bridgehead atoms. The number of aromatic nitrogens is 1. The third-order valence-electron chi connectivity index (χ3n) is 3.82. The molecule has 0 aliphatic carbocycles. The van der Waals surface area contributed by atoms with E-state index in [1.54, 1.807) is 20.4 Å². The predicted octanol–water partition coefficient (Wildman–Crippen LogP) is 4.26. The van der Waals surface area contributed by atoms with Crippen LogP contribution in [-0.4, -0.2) is 25.0 Å². The Balaban J connectivity index is 1.74. The standard InChI is InChI=1S/C21H20N2O3S/c1-22-21(24)19-13-23-20(27-19)11-9-15-8-10-17(25-2)18(12-15)26-14-16-6-4-3-5-7-16/h3-13H,14H2,1-2H3,(H,22,24)/b11-9+. The molecular weight excluding hydrogens is 360 g/mol. The van der Waals surface area contributed by atoms with E-state index in [-0.39, 0.29) is 5.91 Å². The van der Waals surface area contributed by atoms with Gasteiger partial charge in [-0.25, -0.2) is 4.98 Å². The highest BCUT2D eigenvalue weighted by Crippen LogP contribution is 2.29. The maximum atomic E-state index is 11.6. The van der Waals surface area contributed by atoms with Crippen LogP contribution in [0.25, 0.3) is 12.2 Å². The Hall–Kier alpha value is -3.12. The van der Waals surface area contributed by atoms with Crippen LogP contribution in [0.4, 0.5) is 0 Å². The van der Waals surface area contributed by atoms with Gasteiger partial charge in [-0.15, -0.1) is 11.3 Å². The lowest BCUT2D eigenvalue weighted by atomic mass is 10.2. The van der Waals surface area contributed by atoms with Crippen molar-refractivity contribution >= 4 is 29.4 Å². The highest BCUT2D eigenvalue weighted by atomic mass is 32.1. The van der Waals surface area contributed by atoms with Crippen molar-refractivity contribution < 1.29 is 14.3 Å². The zero-order chi connectivity index (χ0) is 19.1. The van der Waals surface area contributed by atoms with E-state index in [2.05, 4.69) is 10.3 Å². The Kier molecular flexibility index (Phi) is 6.22. The van der Waals surface area contributed by atoms with Crippen LogP contribution < -0.4 is 14.8 Å². The smallest absolute Gasteiger partial charge is 0.262 e. The van der Waals surface area contributed by atoms with Gasteiger partial charge in [-0.3, -0.25) is 4.79 Å². The normalized spacial score (nSPS) is 10.7. The lowest BCUT2D eigenvalue weighted by Crippen LogP contribution is -2.16. The van der Waals surface area contributed by atoms with E-state index in [1.165, 1.54) is 11.3 Å². The number of amides is 1. The van der Waals surface area contributed by atoms with Gasteiger partial charge in [-0.2, -0.15) is 0 Å². The SMILES string of the molecule is CNC(=O)c1cnc(/C=C/c2ccc(OC)c(OCc3ccccc3)c2)s1. The van der Waals surface area contributed by atoms with Gasteiger partial charge in [-0.1, -0.05) is 42.5 Å². The molecule has 3 rings (SSSR count). The molecule has 0 radical (unpaired) electrons. The van der Waals surface area contributed by atoms with Crippen LogP contribution in [0.5, 0.6) is 11.5 Å². The first-order chi connectivity index (χ1) is 13.2. The summed E-state index contributed by atoms with van der Waals surface area (Å²) in [5.74, 6) is 1.22. The molecule has 0 saturated carbocycles. The number of ether oxygens (including phenoxy) is 2. The van der Waals surface area contributed by atoms with E-state index >= 15 is 0 Å². The molecule has 5 nitrogen and oxygen atoms in total. The third kappa shape index (κ3) is 4.95. The molecule has 0 aliphatic rings. The van der Waals surface area contributed by atoms with Crippen molar-refractivity contribution in [1.29, 1.82) is 0 Å². The second-order valence-electron chi connectivity index (χ2n) is 5.66. The lowest BCUT2D eigenvalue weighted by molar-refractivity contribution is 0.0967. The Morgan fingerprint density at radius 1 is 1.15 bits per heavy atom. The molecule has 0 saturated heterocycles. The van der Waals surface area contributed by atoms with Crippen molar-refractivity contribution in [3.05, 3.63) is 75.7 Å². The number of nitrogens with zero attached hydrogens (tertiary/aromatic N) is 1. The largest absolute Gasteiger partial charge is 0.493 e. The molecule has 0 spiro atoms. The van der Waals surface area contributed by atoms with Gasteiger partial charge in [0.15, 0.2) is 11.5 Å². The molecule has 0 unspecified atom stereocenters. The Bertz CT molecular complexity index is 936. The lowest BCUT2D eigenvalue weighted by Gasteiger charge is -2.11. The second-order valence-corrected chi connectivity index (χ2v) is 6.72. The number of carbonyl (C=O) groups excluding carboxylic acids is 1. The fourth-order valence-corrected chi connectivity index (χ4v) is 3.17. The summed E-state index contributed by atoms with van der Waals surface area (Å²) in [5.41, 5.74) is 2.04. The van der Waals surface area contributed by atoms with Gasteiger partial charge < -0.3 is 14.8 Å². The van der Waals surface area contributed by atoms with Gasteiger partial charge in [0.2, 0.25) is 0 Å². The topological polar surface area (TPSA) is 60.5 Å². The minimum Gasteiger partial charge on any atom is -0.493 e. The number of thiazole rings is 1. The molecule has 138 valence electrons. The van der Waals surface area contributed by atoms with E-state index in [1.807, 2.05) is 60.7 Å². The molecule has 1 heterocycles. The average molecular weight is 380 g/mol. The van der Waals surface area contributed by atoms with Gasteiger partial charge in [-0.05, 0) is 29.3 Å². The molecular formula is C21H20N2O3S. The predicted molar refractivity (Wildman–Crippen MR) is 108 cm³/mol. The third-order valence-corrected chi connectivity index (χ3v) is 4.78. The van der Waals surface area contributed by atoms with Crippen LogP contribution in [0.3, 0.4) is 0 Å². The van der Waals surface area contributed by atoms with E-state index < -0.39 is 0 Å². The van der Waals surface area contributed by atoms with Crippen LogP contribution >= 0.6 is 11.3 Å². The van der Waals surface area contributed by atoms with Crippen molar-refractivity contribution in [2.45, 2.75) is 6.61 Å². The maximum absolute atomic E-state index is 11.6. The van der Waals surface area contributed by atoms with Crippen molar-refractivity contribution in [3.8, 4) is 11.5 Å². The molecule has 6 heteroatoms. The number of hydrogen-bond donors (Lipinski definition) is 1. The summed E-state index contributed by atoms with van der Waals surface area (Å²) in [6.45, 7) is 0.465. The van der Waals surface area contributed by atoms with E-state index in [4.69, 9.17) is 9.47 Å². The van der Waals surface area contributed by atoms with Crippen LogP contribution in [0, 0.1) is 0 Å². The first-order valence-electron chi connectivity index (χ1n) is 8.40. The second kappa shape index (κ2) is 9.00. The number of methoxy groups -OCH3 is 1. The molecule has 0 atom stereocenters. The minimum absolute atomic E-state index is 0.131. The van der Waals surface area contributed by atoms with Gasteiger partial charge in [0.25, 0.3) is 5.91 Å². The molecule has 1 aromatic heterocycles. The van der Waals surface area contributed by atoms with E-state index in [0.717, 1.165) is 16.1 Å². The quantitative estimate of drug-likeness (QED) is 0.665. The fourth-order valence-electron chi connectivity index (χ4n) is 2.41. The molecule has 2 aromatic carbocycles. The van der Waals surface area contributed by atoms with Crippen molar-refractivity contribution in [2.75, 3.05) is 14.2 Å². The molecule has 3 aromatic rings. The van der Waals surface area contributed by atoms with E-state index in [0.29, 0.717) is 23.0 Å². The molecule has 1 N–H and O–H groups in total. The number of carbonyl (C=O) groups is 1. The monoisotopic (exact) mass is 380 g/mol. The highest BCUT2D eigenvalue weighted by molar-refractivity contribution is 7.14. The Morgan fingerprint density at radius 3 is 2.70 bits per heavy atom. The number of rotatable bonds is 7. The Labute approximate surface area is 162 Å². The van der Waals surface area contributed by atoms with Crippen molar-refractivity contribution in [1.82, 2.24) is 10.3 Å². The molecule has 0 fully saturated rings. The van der Waals surface area contributed by atoms with Crippen LogP contribution in [0.2, 0.25) is 0 Å². The van der Waals surface area contributed by atoms with Gasteiger partial charge in [0.1, 0.15) is 16.5 Å². The van der Waals surface area contributed by atoms with Gasteiger partial charge in [0, 0.05) is 7.05 Å². The zero-order valence-corrected chi connectivity index (χ0v) is 16.0. The highest BCUT2D eigenvalue weighted by Gasteiger charge is 2.08. The minimum atomic E-state index is -0.131. The summed E-state index contributed by atoms with van der Waals surface area (Å²) in [6, 6.07) is 15.7. The summed E-state index contributed by atoms with van der Waals surface area (Å²) in [5, 5.41) is 3.35. The summed E-state index contributed by atoms with van der Waals surface area (Å²) >= 11 is 1.34. The zero-order valence-electron chi connectivity index (χ0n) is 15.1. The average Bonchev–Trinajstić information content (AvgIpc) is 3.20. The van der Waals surface area contributed by atoms with Crippen molar-refractivity contribution in [3.63, 3.8) is 0 Å². The first-order valence-corrected chi connectivity index (χ1v) is 9.22. The van der Waals surface area contributed by atoms with Crippen LogP contribution in [0.1, 0.15) is 25.8 Å². The first kappa shape index (κ1) is 18.7. The molecule has 0 aliphatic heterocycles. The summed E-state index contributed by atoms with van der Waals surface area (Å²) in [7, 11) is 3.22. The number of nitrogens with one attached hydrogen (secondary N) is 1. The van der Waals surface area contributed by atoms with Crippen LogP contribution in [-0.2, 0) is 6.61 Å². The van der Waals surface area contributed by atoms with Gasteiger partial charge in [0.05, 0.1) is 13.3 Å². The van der Waals surface area contributed by atoms with Crippen molar-refractivity contribution in [2.24, 2.45) is 0 Å². The summed E-state index contributed by atoms with van der Waals surface area (Å²) in [4.78, 5) is 16.4. The molecule has 1 amide bonds. The summed E-state index contributed by atoms with van der Waals surface area (Å²) < 4.78 is 11.3. The number of hydrogen-bond acceptors (Lipinski definition) is 5. The van der Waals surface area contributed by atoms with Crippen LogP contribution in [0.15, 0.2) is 54.7 Å². The summed E-state index contributed by atoms with van der Waals surface area (Å²) in [6.07, 6.45) is 5.38. The van der Waals surface area contributed by atoms with E-state index in [9.17, 15) is 4.79 Å². The number of benzene rings is 2. The maximum Gasteiger partial charge on any atom is 0.262 e. The fraction of sp³-hybridized carbons (Fsp3) is 0.143.